The molecule has 0 radical (unpaired) electrons. The highest BCUT2D eigenvalue weighted by Gasteiger charge is 2.29. The van der Waals surface area contributed by atoms with E-state index in [9.17, 15) is 8.42 Å². The Balaban J connectivity index is 2.46. The van der Waals surface area contributed by atoms with Crippen LogP contribution in [-0.2, 0) is 9.84 Å². The van der Waals surface area contributed by atoms with Crippen molar-refractivity contribution in [2.45, 2.75) is 11.7 Å². The first-order valence-electron chi connectivity index (χ1n) is 4.06. The second-order valence-electron chi connectivity index (χ2n) is 3.26. The van der Waals surface area contributed by atoms with Crippen molar-refractivity contribution in [3.8, 4) is 0 Å². The van der Waals surface area contributed by atoms with E-state index in [2.05, 4.69) is 0 Å². The highest BCUT2D eigenvalue weighted by Crippen LogP contribution is 2.15. The molecule has 1 atom stereocenters. The first-order valence-corrected chi connectivity index (χ1v) is 6.01. The lowest BCUT2D eigenvalue weighted by atomic mass is 10.4. The summed E-state index contributed by atoms with van der Waals surface area (Å²) < 4.78 is 22.2. The van der Waals surface area contributed by atoms with E-state index in [4.69, 9.17) is 5.11 Å². The Morgan fingerprint density at radius 2 is 2.25 bits per heavy atom. The normalized spacial score (nSPS) is 26.3. The van der Waals surface area contributed by atoms with Gasteiger partial charge in [-0.05, 0) is 13.0 Å². The number of hydrogen-bond acceptors (Lipinski definition) is 4. The van der Waals surface area contributed by atoms with Gasteiger partial charge in [0.25, 0.3) is 0 Å². The standard InChI is InChI=1S/C7H15NO3S/c1-12(10,11)7-2-3-8(6-7)4-5-9/h7,9H,2-6H2,1H3. The van der Waals surface area contributed by atoms with Crippen molar-refractivity contribution < 1.29 is 13.5 Å². The SMILES string of the molecule is CS(=O)(=O)C1CCN(CCO)C1. The lowest BCUT2D eigenvalue weighted by Crippen LogP contribution is -2.28. The zero-order valence-electron chi connectivity index (χ0n) is 7.23. The molecule has 1 saturated heterocycles. The van der Waals surface area contributed by atoms with Gasteiger partial charge in [-0.3, -0.25) is 4.90 Å². The molecule has 0 aromatic rings. The van der Waals surface area contributed by atoms with Crippen molar-refractivity contribution in [1.82, 2.24) is 4.90 Å². The third-order valence-corrected chi connectivity index (χ3v) is 3.85. The number of rotatable bonds is 3. The summed E-state index contributed by atoms with van der Waals surface area (Å²) >= 11 is 0. The molecule has 1 unspecified atom stereocenters. The molecule has 1 fully saturated rings. The molecular weight excluding hydrogens is 178 g/mol. The lowest BCUT2D eigenvalue weighted by Gasteiger charge is -2.12. The van der Waals surface area contributed by atoms with Crippen LogP contribution in [0, 0.1) is 0 Å². The van der Waals surface area contributed by atoms with Crippen LogP contribution in [0.1, 0.15) is 6.42 Å². The summed E-state index contributed by atoms with van der Waals surface area (Å²) in [6, 6.07) is 0. The summed E-state index contributed by atoms with van der Waals surface area (Å²) in [6.07, 6.45) is 1.99. The first kappa shape index (κ1) is 9.95. The molecule has 0 aliphatic carbocycles. The zero-order chi connectivity index (χ0) is 9.19. The number of nitrogens with zero attached hydrogens (tertiary/aromatic N) is 1. The second-order valence-corrected chi connectivity index (χ2v) is 5.59. The number of aliphatic hydroxyl groups is 1. The van der Waals surface area contributed by atoms with Crippen LogP contribution in [0.5, 0.6) is 0 Å². The summed E-state index contributed by atoms with van der Waals surface area (Å²) in [7, 11) is -2.88. The predicted octanol–water partition coefficient (Wildman–Crippen LogP) is -0.902. The van der Waals surface area contributed by atoms with E-state index in [0.717, 1.165) is 6.54 Å². The van der Waals surface area contributed by atoms with Crippen LogP contribution >= 0.6 is 0 Å². The average Bonchev–Trinajstić information content (AvgIpc) is 2.35. The van der Waals surface area contributed by atoms with Gasteiger partial charge in [0.05, 0.1) is 11.9 Å². The fraction of sp³-hybridized carbons (Fsp3) is 1.00. The monoisotopic (exact) mass is 193 g/mol. The minimum atomic E-state index is -2.88. The average molecular weight is 193 g/mol. The first-order chi connectivity index (χ1) is 5.54. The maximum absolute atomic E-state index is 11.1. The third-order valence-electron chi connectivity index (χ3n) is 2.25. The van der Waals surface area contributed by atoms with Gasteiger partial charge in [-0.2, -0.15) is 0 Å². The molecule has 0 amide bonds. The van der Waals surface area contributed by atoms with Crippen LogP contribution in [0.3, 0.4) is 0 Å². The third kappa shape index (κ3) is 2.43. The van der Waals surface area contributed by atoms with Crippen molar-refractivity contribution in [3.05, 3.63) is 0 Å². The molecule has 0 aromatic carbocycles. The maximum atomic E-state index is 11.1. The Kier molecular flexibility index (Phi) is 3.09. The van der Waals surface area contributed by atoms with Gasteiger partial charge >= 0.3 is 0 Å². The van der Waals surface area contributed by atoms with Crippen LogP contribution in [0.2, 0.25) is 0 Å². The maximum Gasteiger partial charge on any atom is 0.151 e. The van der Waals surface area contributed by atoms with E-state index in [1.165, 1.54) is 6.26 Å². The molecule has 12 heavy (non-hydrogen) atoms. The molecular formula is C7H15NO3S. The lowest BCUT2D eigenvalue weighted by molar-refractivity contribution is 0.222. The second kappa shape index (κ2) is 3.72. The van der Waals surface area contributed by atoms with Crippen LogP contribution in [0.25, 0.3) is 0 Å². The summed E-state index contributed by atoms with van der Waals surface area (Å²) in [6.45, 7) is 2.07. The molecule has 0 bridgehead atoms. The van der Waals surface area contributed by atoms with Crippen LogP contribution in [-0.4, -0.2) is 56.2 Å². The zero-order valence-corrected chi connectivity index (χ0v) is 8.05. The van der Waals surface area contributed by atoms with Gasteiger partial charge < -0.3 is 5.11 Å². The molecule has 5 heteroatoms. The van der Waals surface area contributed by atoms with E-state index in [1.807, 2.05) is 4.90 Å². The summed E-state index contributed by atoms with van der Waals surface area (Å²) in [5.41, 5.74) is 0. The Bertz CT molecular complexity index is 237. The molecule has 1 aliphatic rings. The molecule has 1 heterocycles. The smallest absolute Gasteiger partial charge is 0.151 e. The molecule has 4 nitrogen and oxygen atoms in total. The fourth-order valence-corrected chi connectivity index (χ4v) is 2.51. The predicted molar refractivity (Wildman–Crippen MR) is 46.8 cm³/mol. The molecule has 0 spiro atoms. The van der Waals surface area contributed by atoms with Gasteiger partial charge in [-0.25, -0.2) is 8.42 Å². The number of sulfone groups is 1. The van der Waals surface area contributed by atoms with E-state index in [0.29, 0.717) is 19.5 Å². The van der Waals surface area contributed by atoms with Crippen molar-refractivity contribution >= 4 is 9.84 Å². The highest BCUT2D eigenvalue weighted by molar-refractivity contribution is 7.91. The van der Waals surface area contributed by atoms with Crippen LogP contribution in [0.15, 0.2) is 0 Å². The van der Waals surface area contributed by atoms with E-state index in [1.54, 1.807) is 0 Å². The largest absolute Gasteiger partial charge is 0.395 e. The molecule has 72 valence electrons. The van der Waals surface area contributed by atoms with Gasteiger partial charge in [-0.1, -0.05) is 0 Å². The van der Waals surface area contributed by atoms with Gasteiger partial charge in [-0.15, -0.1) is 0 Å². The minimum absolute atomic E-state index is 0.108. The Morgan fingerprint density at radius 1 is 1.58 bits per heavy atom. The van der Waals surface area contributed by atoms with Crippen molar-refractivity contribution in [2.75, 3.05) is 32.5 Å². The molecule has 0 saturated carbocycles. The van der Waals surface area contributed by atoms with Gasteiger partial charge in [0.15, 0.2) is 9.84 Å². The van der Waals surface area contributed by atoms with E-state index < -0.39 is 9.84 Å². The fourth-order valence-electron chi connectivity index (χ4n) is 1.49. The Hall–Kier alpha value is -0.130. The van der Waals surface area contributed by atoms with E-state index in [-0.39, 0.29) is 11.9 Å². The minimum Gasteiger partial charge on any atom is -0.395 e. The number of aliphatic hydroxyl groups excluding tert-OH is 1. The summed E-state index contributed by atoms with van der Waals surface area (Å²) in [5, 5.41) is 8.41. The highest BCUT2D eigenvalue weighted by atomic mass is 32.2. The Morgan fingerprint density at radius 3 is 2.67 bits per heavy atom. The summed E-state index contributed by atoms with van der Waals surface area (Å²) in [4.78, 5) is 1.98. The van der Waals surface area contributed by atoms with Gasteiger partial charge in [0, 0.05) is 19.3 Å². The van der Waals surface area contributed by atoms with Crippen molar-refractivity contribution in [2.24, 2.45) is 0 Å². The molecule has 0 aromatic heterocycles. The molecule has 1 N–H and O–H groups in total. The molecule has 1 rings (SSSR count). The Labute approximate surface area is 73.1 Å². The summed E-state index contributed by atoms with van der Waals surface area (Å²) in [5.74, 6) is 0. The quantitative estimate of drug-likeness (QED) is 0.631. The van der Waals surface area contributed by atoms with E-state index >= 15 is 0 Å². The van der Waals surface area contributed by atoms with Crippen LogP contribution < -0.4 is 0 Å². The number of hydrogen-bond donors (Lipinski definition) is 1. The topological polar surface area (TPSA) is 57.6 Å². The van der Waals surface area contributed by atoms with Gasteiger partial charge in [0.1, 0.15) is 0 Å². The number of likely N-dealkylation sites (tertiary alicyclic amines) is 1. The van der Waals surface area contributed by atoms with Crippen molar-refractivity contribution in [3.63, 3.8) is 0 Å². The molecule has 1 aliphatic heterocycles. The van der Waals surface area contributed by atoms with Gasteiger partial charge in [0.2, 0.25) is 0 Å². The number of β-amino-alcohol motifs (C(OH)–C–C–N with tert-alkyl or cyclic N) is 1. The van der Waals surface area contributed by atoms with Crippen molar-refractivity contribution in [1.29, 1.82) is 0 Å². The van der Waals surface area contributed by atoms with Crippen LogP contribution in [0.4, 0.5) is 0 Å².